The number of rotatable bonds is 6. The zero-order valence-electron chi connectivity index (χ0n) is 18.0. The molecule has 0 atom stereocenters. The Hall–Kier alpha value is -3.02. The summed E-state index contributed by atoms with van der Waals surface area (Å²) < 4.78 is 24.9. The molecule has 10 nitrogen and oxygen atoms in total. The Morgan fingerprint density at radius 3 is 2.36 bits per heavy atom. The van der Waals surface area contributed by atoms with Crippen LogP contribution in [-0.2, 0) is 10.0 Å². The van der Waals surface area contributed by atoms with Gasteiger partial charge in [-0.3, -0.25) is 19.7 Å². The third-order valence-electron chi connectivity index (χ3n) is 5.60. The normalized spacial score (nSPS) is 14.8. The Morgan fingerprint density at radius 2 is 1.79 bits per heavy atom. The maximum absolute atomic E-state index is 13.1. The van der Waals surface area contributed by atoms with E-state index in [1.165, 1.54) is 23.5 Å². The zero-order valence-corrected chi connectivity index (χ0v) is 19.6. The molecule has 176 valence electrons. The number of piperidine rings is 1. The van der Waals surface area contributed by atoms with Crippen LogP contribution < -0.4 is 5.32 Å². The second-order valence-corrected chi connectivity index (χ2v) is 10.2. The molecule has 1 heterocycles. The van der Waals surface area contributed by atoms with Crippen LogP contribution in [-0.4, -0.2) is 66.8 Å². The van der Waals surface area contributed by atoms with Crippen LogP contribution in [0.4, 0.5) is 11.4 Å². The fourth-order valence-corrected chi connectivity index (χ4v) is 4.66. The molecule has 12 heteroatoms. The van der Waals surface area contributed by atoms with Gasteiger partial charge in [0.1, 0.15) is 0 Å². The van der Waals surface area contributed by atoms with Crippen molar-refractivity contribution in [3.8, 4) is 0 Å². The molecule has 33 heavy (non-hydrogen) atoms. The molecule has 0 spiro atoms. The Labute approximate surface area is 196 Å². The van der Waals surface area contributed by atoms with Gasteiger partial charge in [-0.15, -0.1) is 0 Å². The highest BCUT2D eigenvalue weighted by molar-refractivity contribution is 7.88. The van der Waals surface area contributed by atoms with E-state index in [1.54, 1.807) is 29.2 Å². The van der Waals surface area contributed by atoms with Crippen molar-refractivity contribution in [1.82, 2.24) is 9.21 Å². The van der Waals surface area contributed by atoms with E-state index in [0.29, 0.717) is 25.9 Å². The molecule has 1 N–H and O–H groups in total. The molecule has 0 radical (unpaired) electrons. The van der Waals surface area contributed by atoms with Crippen LogP contribution in [0.2, 0.25) is 5.02 Å². The fourth-order valence-electron chi connectivity index (χ4n) is 3.64. The molecular weight excluding hydrogens is 472 g/mol. The molecule has 0 aliphatic carbocycles. The topological polar surface area (TPSA) is 130 Å². The lowest BCUT2D eigenvalue weighted by atomic mass is 10.0. The number of non-ortho nitro benzene ring substituents is 1. The molecule has 0 aromatic heterocycles. The van der Waals surface area contributed by atoms with Gasteiger partial charge in [0.2, 0.25) is 10.0 Å². The molecule has 1 fully saturated rings. The van der Waals surface area contributed by atoms with Crippen LogP contribution in [0.1, 0.15) is 33.6 Å². The number of nitro groups is 1. The Morgan fingerprint density at radius 1 is 1.15 bits per heavy atom. The van der Waals surface area contributed by atoms with E-state index in [0.717, 1.165) is 12.3 Å². The number of amides is 2. The van der Waals surface area contributed by atoms with Crippen molar-refractivity contribution in [2.24, 2.45) is 0 Å². The number of anilines is 1. The third-order valence-corrected chi connectivity index (χ3v) is 7.26. The monoisotopic (exact) mass is 494 g/mol. The number of hydrogen-bond acceptors (Lipinski definition) is 6. The quantitative estimate of drug-likeness (QED) is 0.485. The van der Waals surface area contributed by atoms with Crippen LogP contribution in [0, 0.1) is 10.1 Å². The van der Waals surface area contributed by atoms with E-state index in [2.05, 4.69) is 5.32 Å². The average Bonchev–Trinajstić information content (AvgIpc) is 2.77. The second-order valence-electron chi connectivity index (χ2n) is 7.72. The van der Waals surface area contributed by atoms with Crippen molar-refractivity contribution in [3.63, 3.8) is 0 Å². The van der Waals surface area contributed by atoms with E-state index < -0.39 is 20.9 Å². The molecule has 1 aliphatic rings. The lowest BCUT2D eigenvalue weighted by molar-refractivity contribution is -0.384. The Bertz CT molecular complexity index is 1190. The van der Waals surface area contributed by atoms with Gasteiger partial charge in [-0.2, -0.15) is 0 Å². The van der Waals surface area contributed by atoms with Crippen molar-refractivity contribution in [2.75, 3.05) is 31.7 Å². The van der Waals surface area contributed by atoms with Crippen molar-refractivity contribution in [3.05, 3.63) is 68.7 Å². The number of hydrogen-bond donors (Lipinski definition) is 1. The second kappa shape index (κ2) is 9.86. The Balaban J connectivity index is 1.74. The van der Waals surface area contributed by atoms with Crippen molar-refractivity contribution >= 4 is 44.8 Å². The lowest BCUT2D eigenvalue weighted by Gasteiger charge is -2.35. The van der Waals surface area contributed by atoms with Gasteiger partial charge in [0, 0.05) is 38.3 Å². The first-order valence-electron chi connectivity index (χ1n) is 10.1. The van der Waals surface area contributed by atoms with Crippen LogP contribution in [0.5, 0.6) is 0 Å². The third kappa shape index (κ3) is 5.67. The zero-order chi connectivity index (χ0) is 24.3. The summed E-state index contributed by atoms with van der Waals surface area (Å²) in [6.45, 7) is 0.750. The standard InChI is InChI=1S/C21H23ClN4O6S/c1-24(33(2,31)32)14-9-11-25(12-10-14)21(28)17-5-3-4-6-19(17)23-20(27)16-8-7-15(26(29)30)13-18(16)22/h3-8,13-14H,9-12H2,1-2H3,(H,23,27). The minimum atomic E-state index is -3.32. The maximum Gasteiger partial charge on any atom is 0.270 e. The molecule has 0 saturated carbocycles. The molecule has 2 amide bonds. The number of nitrogens with zero attached hydrogens (tertiary/aromatic N) is 3. The van der Waals surface area contributed by atoms with Crippen LogP contribution in [0.25, 0.3) is 0 Å². The molecule has 1 aliphatic heterocycles. The van der Waals surface area contributed by atoms with Gasteiger partial charge in [-0.1, -0.05) is 23.7 Å². The number of halogens is 1. The average molecular weight is 495 g/mol. The molecular formula is C21H23ClN4O6S. The summed E-state index contributed by atoms with van der Waals surface area (Å²) in [5.74, 6) is -0.898. The van der Waals surface area contributed by atoms with Crippen LogP contribution in [0.3, 0.4) is 0 Å². The van der Waals surface area contributed by atoms with Crippen LogP contribution in [0.15, 0.2) is 42.5 Å². The van der Waals surface area contributed by atoms with Gasteiger partial charge in [0.25, 0.3) is 17.5 Å². The van der Waals surface area contributed by atoms with Crippen LogP contribution >= 0.6 is 11.6 Å². The largest absolute Gasteiger partial charge is 0.338 e. The number of benzene rings is 2. The molecule has 3 rings (SSSR count). The first kappa shape index (κ1) is 24.6. The summed E-state index contributed by atoms with van der Waals surface area (Å²) in [6, 6.07) is 9.84. The predicted octanol–water partition coefficient (Wildman–Crippen LogP) is 3.00. The fraction of sp³-hybridized carbons (Fsp3) is 0.333. The lowest BCUT2D eigenvalue weighted by Crippen LogP contribution is -2.47. The first-order chi connectivity index (χ1) is 15.5. The summed E-state index contributed by atoms with van der Waals surface area (Å²) in [4.78, 5) is 37.7. The predicted molar refractivity (Wildman–Crippen MR) is 124 cm³/mol. The van der Waals surface area contributed by atoms with Crippen molar-refractivity contribution < 1.29 is 22.9 Å². The van der Waals surface area contributed by atoms with Gasteiger partial charge < -0.3 is 10.2 Å². The highest BCUT2D eigenvalue weighted by Crippen LogP contribution is 2.26. The maximum atomic E-state index is 13.1. The van der Waals surface area contributed by atoms with E-state index in [1.807, 2.05) is 0 Å². The smallest absolute Gasteiger partial charge is 0.270 e. The number of likely N-dealkylation sites (tertiary alicyclic amines) is 1. The van der Waals surface area contributed by atoms with E-state index >= 15 is 0 Å². The van der Waals surface area contributed by atoms with Crippen molar-refractivity contribution in [2.45, 2.75) is 18.9 Å². The van der Waals surface area contributed by atoms with E-state index in [9.17, 15) is 28.1 Å². The summed E-state index contributed by atoms with van der Waals surface area (Å²) in [7, 11) is -1.78. The highest BCUT2D eigenvalue weighted by Gasteiger charge is 2.30. The van der Waals surface area contributed by atoms with Gasteiger partial charge in [0.15, 0.2) is 0 Å². The molecule has 1 saturated heterocycles. The number of para-hydroxylation sites is 1. The summed E-state index contributed by atoms with van der Waals surface area (Å²) >= 11 is 6.04. The highest BCUT2D eigenvalue weighted by atomic mass is 35.5. The number of carbonyl (C=O) groups excluding carboxylic acids is 2. The van der Waals surface area contributed by atoms with E-state index in [4.69, 9.17) is 11.6 Å². The number of nitro benzene ring substituents is 1. The number of sulfonamides is 1. The van der Waals surface area contributed by atoms with Gasteiger partial charge in [-0.05, 0) is 31.0 Å². The minimum Gasteiger partial charge on any atom is -0.338 e. The number of carbonyl (C=O) groups is 2. The summed E-state index contributed by atoms with van der Waals surface area (Å²) in [5.41, 5.74) is 0.349. The van der Waals surface area contributed by atoms with Crippen molar-refractivity contribution in [1.29, 1.82) is 0 Å². The molecule has 2 aromatic rings. The SMILES string of the molecule is CN(C1CCN(C(=O)c2ccccc2NC(=O)c2ccc([N+](=O)[O-])cc2Cl)CC1)S(C)(=O)=O. The summed E-state index contributed by atoms with van der Waals surface area (Å²) in [6.07, 6.45) is 2.16. The molecule has 2 aromatic carbocycles. The van der Waals surface area contributed by atoms with E-state index in [-0.39, 0.29) is 39.5 Å². The molecule has 0 bridgehead atoms. The van der Waals surface area contributed by atoms with Gasteiger partial charge in [-0.25, -0.2) is 12.7 Å². The van der Waals surface area contributed by atoms with Gasteiger partial charge in [0.05, 0.1) is 33.0 Å². The molecule has 0 unspecified atom stereocenters. The summed E-state index contributed by atoms with van der Waals surface area (Å²) in [5, 5.41) is 13.4. The Kier molecular flexibility index (Phi) is 7.35. The number of nitrogens with one attached hydrogen (secondary N) is 1. The first-order valence-corrected chi connectivity index (χ1v) is 12.3. The van der Waals surface area contributed by atoms with Gasteiger partial charge >= 0.3 is 0 Å². The minimum absolute atomic E-state index is 0.0362.